The molecule has 110 valence electrons. The number of para-hydroxylation sites is 1. The fourth-order valence-corrected chi connectivity index (χ4v) is 3.57. The standard InChI is InChI=1S/C18H17N3S/c1-4-21-13(3)16(15-7-5-6-8-17(15)21)9-14(10-19)18-20-12(2)11-22-18/h5-9,11H,4H2,1-3H3/b14-9-. The zero-order valence-corrected chi connectivity index (χ0v) is 13.7. The van der Waals surface area contributed by atoms with Gasteiger partial charge < -0.3 is 4.57 Å². The number of allylic oxidation sites excluding steroid dienone is 1. The number of hydrogen-bond acceptors (Lipinski definition) is 3. The van der Waals surface area contributed by atoms with Crippen molar-refractivity contribution in [3.63, 3.8) is 0 Å². The van der Waals surface area contributed by atoms with Crippen molar-refractivity contribution in [1.82, 2.24) is 9.55 Å². The van der Waals surface area contributed by atoms with Crippen molar-refractivity contribution in [3.05, 3.63) is 51.6 Å². The molecule has 4 heteroatoms. The molecule has 3 nitrogen and oxygen atoms in total. The summed E-state index contributed by atoms with van der Waals surface area (Å²) in [6.45, 7) is 7.11. The number of nitrogens with zero attached hydrogens (tertiary/aromatic N) is 3. The quantitative estimate of drug-likeness (QED) is 0.652. The highest BCUT2D eigenvalue weighted by Gasteiger charge is 2.13. The molecule has 0 atom stereocenters. The van der Waals surface area contributed by atoms with Gasteiger partial charge in [-0.1, -0.05) is 18.2 Å². The van der Waals surface area contributed by atoms with E-state index in [0.717, 1.165) is 22.8 Å². The van der Waals surface area contributed by atoms with Gasteiger partial charge in [-0.25, -0.2) is 4.98 Å². The van der Waals surface area contributed by atoms with Crippen molar-refractivity contribution >= 4 is 33.9 Å². The lowest BCUT2D eigenvalue weighted by Crippen LogP contribution is -1.96. The number of aryl methyl sites for hydroxylation is 2. The van der Waals surface area contributed by atoms with Crippen molar-refractivity contribution < 1.29 is 0 Å². The Morgan fingerprint density at radius 2 is 2.14 bits per heavy atom. The molecule has 2 heterocycles. The molecule has 0 bridgehead atoms. The molecule has 1 aromatic carbocycles. The Hall–Kier alpha value is -2.38. The van der Waals surface area contributed by atoms with E-state index in [0.29, 0.717) is 5.57 Å². The van der Waals surface area contributed by atoms with Gasteiger partial charge in [-0.05, 0) is 32.9 Å². The molecule has 0 spiro atoms. The summed E-state index contributed by atoms with van der Waals surface area (Å²) in [6, 6.07) is 10.6. The van der Waals surface area contributed by atoms with Gasteiger partial charge >= 0.3 is 0 Å². The molecule has 2 aromatic heterocycles. The second kappa shape index (κ2) is 5.78. The second-order valence-corrected chi connectivity index (χ2v) is 6.08. The summed E-state index contributed by atoms with van der Waals surface area (Å²) in [5.41, 5.74) is 5.09. The first kappa shape index (κ1) is 14.6. The third-order valence-electron chi connectivity index (χ3n) is 3.85. The minimum Gasteiger partial charge on any atom is -0.345 e. The first-order valence-corrected chi connectivity index (χ1v) is 8.15. The lowest BCUT2D eigenvalue weighted by atomic mass is 10.1. The van der Waals surface area contributed by atoms with Crippen LogP contribution in [-0.2, 0) is 6.54 Å². The van der Waals surface area contributed by atoms with Gasteiger partial charge in [0.05, 0.1) is 5.57 Å². The molecule has 0 radical (unpaired) electrons. The monoisotopic (exact) mass is 307 g/mol. The summed E-state index contributed by atoms with van der Waals surface area (Å²) in [4.78, 5) is 4.44. The second-order valence-electron chi connectivity index (χ2n) is 5.22. The minimum absolute atomic E-state index is 0.625. The van der Waals surface area contributed by atoms with Crippen molar-refractivity contribution in [1.29, 1.82) is 5.26 Å². The highest BCUT2D eigenvalue weighted by molar-refractivity contribution is 7.11. The first-order valence-electron chi connectivity index (χ1n) is 7.27. The number of rotatable bonds is 3. The van der Waals surface area contributed by atoms with E-state index in [4.69, 9.17) is 0 Å². The van der Waals surface area contributed by atoms with Crippen LogP contribution in [0.15, 0.2) is 29.6 Å². The van der Waals surface area contributed by atoms with E-state index in [1.165, 1.54) is 27.9 Å². The summed E-state index contributed by atoms with van der Waals surface area (Å²) in [7, 11) is 0. The third kappa shape index (κ3) is 2.34. The number of benzene rings is 1. The first-order chi connectivity index (χ1) is 10.7. The van der Waals surface area contributed by atoms with Gasteiger partial charge in [0.1, 0.15) is 11.1 Å². The van der Waals surface area contributed by atoms with Gasteiger partial charge in [0.2, 0.25) is 0 Å². The number of thiazole rings is 1. The fourth-order valence-electron chi connectivity index (χ4n) is 2.81. The molecule has 3 rings (SSSR count). The fraction of sp³-hybridized carbons (Fsp3) is 0.222. The van der Waals surface area contributed by atoms with Crippen LogP contribution >= 0.6 is 11.3 Å². The zero-order valence-electron chi connectivity index (χ0n) is 12.9. The van der Waals surface area contributed by atoms with E-state index in [1.807, 2.05) is 24.4 Å². The predicted molar refractivity (Wildman–Crippen MR) is 92.7 cm³/mol. The Balaban J connectivity index is 2.24. The van der Waals surface area contributed by atoms with Crippen LogP contribution in [0.25, 0.3) is 22.6 Å². The smallest absolute Gasteiger partial charge is 0.134 e. The van der Waals surface area contributed by atoms with E-state index < -0.39 is 0 Å². The molecule has 0 unspecified atom stereocenters. The maximum atomic E-state index is 9.52. The largest absolute Gasteiger partial charge is 0.345 e. The Labute approximate surface area is 134 Å². The molecule has 0 amide bonds. The highest BCUT2D eigenvalue weighted by Crippen LogP contribution is 2.30. The SMILES string of the molecule is CCn1c(C)c(/C=C(/C#N)c2nc(C)cs2)c2ccccc21. The molecule has 0 saturated heterocycles. The molecule has 0 aliphatic carbocycles. The van der Waals surface area contributed by atoms with Crippen molar-refractivity contribution in [3.8, 4) is 6.07 Å². The van der Waals surface area contributed by atoms with Crippen molar-refractivity contribution in [2.45, 2.75) is 27.3 Å². The van der Waals surface area contributed by atoms with Crippen LogP contribution in [0.3, 0.4) is 0 Å². The normalized spacial score (nSPS) is 11.8. The Bertz CT molecular complexity index is 906. The lowest BCUT2D eigenvalue weighted by Gasteiger charge is -2.03. The number of fused-ring (bicyclic) bond motifs is 1. The van der Waals surface area contributed by atoms with Gasteiger partial charge in [0.25, 0.3) is 0 Å². The maximum absolute atomic E-state index is 9.52. The van der Waals surface area contributed by atoms with Crippen molar-refractivity contribution in [2.24, 2.45) is 0 Å². The number of nitriles is 1. The van der Waals surface area contributed by atoms with Crippen LogP contribution in [0.4, 0.5) is 0 Å². The summed E-state index contributed by atoms with van der Waals surface area (Å²) in [6.07, 6.45) is 1.97. The van der Waals surface area contributed by atoms with Gasteiger partial charge in [0, 0.05) is 39.8 Å². The van der Waals surface area contributed by atoms with E-state index in [9.17, 15) is 5.26 Å². The predicted octanol–water partition coefficient (Wildman–Crippen LogP) is 4.80. The third-order valence-corrected chi connectivity index (χ3v) is 4.85. The summed E-state index contributed by atoms with van der Waals surface area (Å²) < 4.78 is 2.28. The molecule has 0 saturated carbocycles. The summed E-state index contributed by atoms with van der Waals surface area (Å²) in [5.74, 6) is 0. The zero-order chi connectivity index (χ0) is 15.7. The molecular formula is C18H17N3S. The van der Waals surface area contributed by atoms with Crippen LogP contribution in [0, 0.1) is 25.2 Å². The Morgan fingerprint density at radius 1 is 1.36 bits per heavy atom. The van der Waals surface area contributed by atoms with Crippen LogP contribution in [0.2, 0.25) is 0 Å². The maximum Gasteiger partial charge on any atom is 0.134 e. The van der Waals surface area contributed by atoms with Gasteiger partial charge in [-0.15, -0.1) is 11.3 Å². The molecule has 0 aliphatic rings. The topological polar surface area (TPSA) is 41.6 Å². The van der Waals surface area contributed by atoms with Gasteiger partial charge in [0.15, 0.2) is 0 Å². The van der Waals surface area contributed by atoms with Crippen LogP contribution < -0.4 is 0 Å². The highest BCUT2D eigenvalue weighted by atomic mass is 32.1. The Morgan fingerprint density at radius 3 is 2.77 bits per heavy atom. The average molecular weight is 307 g/mol. The van der Waals surface area contributed by atoms with Crippen molar-refractivity contribution in [2.75, 3.05) is 0 Å². The van der Waals surface area contributed by atoms with E-state index in [2.05, 4.69) is 47.7 Å². The summed E-state index contributed by atoms with van der Waals surface area (Å²) >= 11 is 1.52. The summed E-state index contributed by atoms with van der Waals surface area (Å²) in [5, 5.41) is 13.5. The lowest BCUT2D eigenvalue weighted by molar-refractivity contribution is 0.769. The Kier molecular flexibility index (Phi) is 3.82. The number of hydrogen-bond donors (Lipinski definition) is 0. The van der Waals surface area contributed by atoms with E-state index in [1.54, 1.807) is 0 Å². The van der Waals surface area contributed by atoms with Gasteiger partial charge in [-0.3, -0.25) is 0 Å². The van der Waals surface area contributed by atoms with Crippen LogP contribution in [0.5, 0.6) is 0 Å². The molecular weight excluding hydrogens is 290 g/mol. The van der Waals surface area contributed by atoms with Crippen LogP contribution in [0.1, 0.15) is 28.9 Å². The van der Waals surface area contributed by atoms with Crippen LogP contribution in [-0.4, -0.2) is 9.55 Å². The molecule has 22 heavy (non-hydrogen) atoms. The van der Waals surface area contributed by atoms with E-state index in [-0.39, 0.29) is 0 Å². The number of aromatic nitrogens is 2. The minimum atomic E-state index is 0.625. The van der Waals surface area contributed by atoms with E-state index >= 15 is 0 Å². The molecule has 0 N–H and O–H groups in total. The van der Waals surface area contributed by atoms with Gasteiger partial charge in [-0.2, -0.15) is 5.26 Å². The molecule has 0 aliphatic heterocycles. The molecule has 3 aromatic rings. The molecule has 0 fully saturated rings. The average Bonchev–Trinajstić information content (AvgIpc) is 3.06.